The lowest BCUT2D eigenvalue weighted by atomic mass is 10.2. The molecule has 3 aromatic rings. The largest absolute Gasteiger partial charge is 0.380 e. The molecular weight excluding hydrogens is 228 g/mol. The van der Waals surface area contributed by atoms with Gasteiger partial charge < -0.3 is 5.73 Å². The lowest BCUT2D eigenvalue weighted by Crippen LogP contribution is -2.02. The Hall–Kier alpha value is -2.76. The Morgan fingerprint density at radius 3 is 2.39 bits per heavy atom. The Morgan fingerprint density at radius 1 is 0.944 bits per heavy atom. The van der Waals surface area contributed by atoms with Crippen molar-refractivity contribution in [1.29, 1.82) is 0 Å². The second-order valence-electron chi connectivity index (χ2n) is 3.64. The van der Waals surface area contributed by atoms with E-state index in [0.717, 1.165) is 0 Å². The molecule has 88 valence electrons. The summed E-state index contributed by atoms with van der Waals surface area (Å²) in [6.07, 6.45) is 3.39. The van der Waals surface area contributed by atoms with Crippen LogP contribution in [0, 0.1) is 0 Å². The lowest BCUT2D eigenvalue weighted by molar-refractivity contribution is 0.785. The van der Waals surface area contributed by atoms with Gasteiger partial charge >= 0.3 is 0 Å². The average Bonchev–Trinajstić information content (AvgIpc) is 2.83. The molecule has 0 saturated carbocycles. The minimum Gasteiger partial charge on any atom is -0.380 e. The number of aromatic nitrogens is 5. The third-order valence-electron chi connectivity index (χ3n) is 2.47. The summed E-state index contributed by atoms with van der Waals surface area (Å²) in [7, 11) is 0. The van der Waals surface area contributed by atoms with Crippen molar-refractivity contribution in [3.8, 4) is 17.2 Å². The van der Waals surface area contributed by atoms with E-state index in [1.165, 1.54) is 0 Å². The highest BCUT2D eigenvalue weighted by molar-refractivity contribution is 5.68. The zero-order valence-electron chi connectivity index (χ0n) is 9.43. The second-order valence-corrected chi connectivity index (χ2v) is 3.64. The number of nitrogens with two attached hydrogens (primary N) is 1. The first-order valence-corrected chi connectivity index (χ1v) is 5.40. The number of anilines is 1. The first-order valence-electron chi connectivity index (χ1n) is 5.40. The molecule has 0 atom stereocenters. The van der Waals surface area contributed by atoms with E-state index in [2.05, 4.69) is 20.3 Å². The number of pyridine rings is 2. The van der Waals surface area contributed by atoms with Gasteiger partial charge in [-0.3, -0.25) is 4.98 Å². The molecule has 3 rings (SSSR count). The molecule has 2 N–H and O–H groups in total. The highest BCUT2D eigenvalue weighted by Crippen LogP contribution is 2.23. The van der Waals surface area contributed by atoms with Crippen molar-refractivity contribution < 1.29 is 0 Å². The third-order valence-corrected chi connectivity index (χ3v) is 2.47. The van der Waals surface area contributed by atoms with Crippen LogP contribution in [0.5, 0.6) is 0 Å². The van der Waals surface area contributed by atoms with Crippen LogP contribution >= 0.6 is 0 Å². The molecule has 0 aliphatic rings. The van der Waals surface area contributed by atoms with Crippen LogP contribution in [0.4, 0.5) is 5.82 Å². The van der Waals surface area contributed by atoms with E-state index in [-0.39, 0.29) is 0 Å². The monoisotopic (exact) mass is 238 g/mol. The van der Waals surface area contributed by atoms with E-state index in [9.17, 15) is 0 Å². The molecule has 3 heterocycles. The Balaban J connectivity index is 2.19. The molecule has 0 saturated heterocycles. The maximum Gasteiger partial charge on any atom is 0.176 e. The normalized spacial score (nSPS) is 10.4. The van der Waals surface area contributed by atoms with E-state index in [1.807, 2.05) is 36.4 Å². The van der Waals surface area contributed by atoms with Crippen molar-refractivity contribution >= 4 is 5.82 Å². The molecule has 0 unspecified atom stereocenters. The number of nitrogens with zero attached hydrogens (tertiary/aromatic N) is 5. The maximum atomic E-state index is 5.85. The fraction of sp³-hybridized carbons (Fsp3) is 0. The highest BCUT2D eigenvalue weighted by atomic mass is 15.5. The standard InChI is InChI=1S/C12H10N6/c13-12-11(9-5-1-3-7-14-9)18(17-16-12)10-6-2-4-8-15-10/h1-8H,13H2. The molecule has 6 heteroatoms. The average molecular weight is 238 g/mol. The zero-order valence-corrected chi connectivity index (χ0v) is 9.43. The smallest absolute Gasteiger partial charge is 0.176 e. The van der Waals surface area contributed by atoms with Gasteiger partial charge in [-0.15, -0.1) is 5.10 Å². The van der Waals surface area contributed by atoms with Crippen LogP contribution in [0.1, 0.15) is 0 Å². The summed E-state index contributed by atoms with van der Waals surface area (Å²) in [4.78, 5) is 8.49. The molecule has 0 fully saturated rings. The van der Waals surface area contributed by atoms with Crippen LogP contribution in [0.15, 0.2) is 48.8 Å². The van der Waals surface area contributed by atoms with E-state index in [0.29, 0.717) is 23.0 Å². The van der Waals surface area contributed by atoms with Gasteiger partial charge in [-0.25, -0.2) is 4.98 Å². The fourth-order valence-corrected chi connectivity index (χ4v) is 1.68. The van der Waals surface area contributed by atoms with Crippen molar-refractivity contribution in [3.63, 3.8) is 0 Å². The molecule has 0 aromatic carbocycles. The van der Waals surface area contributed by atoms with E-state index in [1.54, 1.807) is 17.1 Å². The zero-order chi connectivity index (χ0) is 12.4. The maximum absolute atomic E-state index is 5.85. The summed E-state index contributed by atoms with van der Waals surface area (Å²) >= 11 is 0. The van der Waals surface area contributed by atoms with Gasteiger partial charge in [-0.05, 0) is 24.3 Å². The van der Waals surface area contributed by atoms with Crippen molar-refractivity contribution in [1.82, 2.24) is 25.0 Å². The number of rotatable bonds is 2. The van der Waals surface area contributed by atoms with Gasteiger partial charge in [-0.1, -0.05) is 17.3 Å². The molecule has 3 aromatic heterocycles. The van der Waals surface area contributed by atoms with Crippen LogP contribution in [-0.4, -0.2) is 25.0 Å². The molecule has 0 bridgehead atoms. The number of hydrogen-bond donors (Lipinski definition) is 1. The van der Waals surface area contributed by atoms with Gasteiger partial charge in [0.15, 0.2) is 11.6 Å². The summed E-state index contributed by atoms with van der Waals surface area (Å²) in [6, 6.07) is 11.1. The van der Waals surface area contributed by atoms with Crippen LogP contribution < -0.4 is 5.73 Å². The number of hydrogen-bond acceptors (Lipinski definition) is 5. The van der Waals surface area contributed by atoms with Crippen molar-refractivity contribution in [2.75, 3.05) is 5.73 Å². The van der Waals surface area contributed by atoms with Crippen molar-refractivity contribution in [2.24, 2.45) is 0 Å². The predicted molar refractivity (Wildman–Crippen MR) is 66.8 cm³/mol. The molecule has 0 amide bonds. The predicted octanol–water partition coefficient (Wildman–Crippen LogP) is 1.31. The van der Waals surface area contributed by atoms with Gasteiger partial charge in [-0.2, -0.15) is 4.68 Å². The lowest BCUT2D eigenvalue weighted by Gasteiger charge is -2.04. The van der Waals surface area contributed by atoms with Crippen LogP contribution in [0.25, 0.3) is 17.2 Å². The van der Waals surface area contributed by atoms with E-state index >= 15 is 0 Å². The minimum absolute atomic E-state index is 0.333. The summed E-state index contributed by atoms with van der Waals surface area (Å²) in [5.41, 5.74) is 7.21. The SMILES string of the molecule is Nc1nnn(-c2ccccn2)c1-c1ccccn1. The molecule has 0 aliphatic heterocycles. The summed E-state index contributed by atoms with van der Waals surface area (Å²) < 4.78 is 1.58. The molecule has 0 aliphatic carbocycles. The van der Waals surface area contributed by atoms with Gasteiger partial charge in [0.1, 0.15) is 5.69 Å². The van der Waals surface area contributed by atoms with E-state index in [4.69, 9.17) is 5.73 Å². The minimum atomic E-state index is 0.333. The molecular formula is C12H10N6. The summed E-state index contributed by atoms with van der Waals surface area (Å²) in [6.45, 7) is 0. The number of nitrogen functional groups attached to an aromatic ring is 1. The second kappa shape index (κ2) is 4.25. The Labute approximate surface area is 103 Å². The van der Waals surface area contributed by atoms with Crippen molar-refractivity contribution in [2.45, 2.75) is 0 Å². The Morgan fingerprint density at radius 2 is 1.72 bits per heavy atom. The summed E-state index contributed by atoms with van der Waals surface area (Å²) in [5, 5.41) is 7.88. The first kappa shape index (κ1) is 10.4. The molecule has 18 heavy (non-hydrogen) atoms. The highest BCUT2D eigenvalue weighted by Gasteiger charge is 2.15. The van der Waals surface area contributed by atoms with Gasteiger partial charge in [0.2, 0.25) is 0 Å². The molecule has 6 nitrogen and oxygen atoms in total. The van der Waals surface area contributed by atoms with Gasteiger partial charge in [0, 0.05) is 12.4 Å². The van der Waals surface area contributed by atoms with Crippen LogP contribution in [-0.2, 0) is 0 Å². The van der Waals surface area contributed by atoms with Crippen molar-refractivity contribution in [3.05, 3.63) is 48.8 Å². The van der Waals surface area contributed by atoms with Gasteiger partial charge in [0.25, 0.3) is 0 Å². The molecule has 0 spiro atoms. The topological polar surface area (TPSA) is 82.5 Å². The Bertz CT molecular complexity index is 647. The van der Waals surface area contributed by atoms with Crippen LogP contribution in [0.3, 0.4) is 0 Å². The molecule has 0 radical (unpaired) electrons. The quantitative estimate of drug-likeness (QED) is 0.727. The van der Waals surface area contributed by atoms with Gasteiger partial charge in [0.05, 0.1) is 5.69 Å². The third kappa shape index (κ3) is 1.69. The van der Waals surface area contributed by atoms with E-state index < -0.39 is 0 Å². The first-order chi connectivity index (χ1) is 8.86. The Kier molecular flexibility index (Phi) is 2.45. The van der Waals surface area contributed by atoms with Crippen LogP contribution in [0.2, 0.25) is 0 Å². The summed E-state index contributed by atoms with van der Waals surface area (Å²) in [5.74, 6) is 0.988. The fourth-order valence-electron chi connectivity index (χ4n) is 1.68.